The molecule has 0 fully saturated rings. The molecule has 0 spiro atoms. The topological polar surface area (TPSA) is 123 Å². The summed E-state index contributed by atoms with van der Waals surface area (Å²) in [6.45, 7) is 8.41. The summed E-state index contributed by atoms with van der Waals surface area (Å²) < 4.78 is 17.8. The van der Waals surface area contributed by atoms with E-state index in [-0.39, 0.29) is 28.0 Å². The third-order valence-corrected chi connectivity index (χ3v) is 6.48. The minimum atomic E-state index is -0.622. The number of fused-ring (bicyclic) bond motifs is 1. The van der Waals surface area contributed by atoms with E-state index in [1.165, 1.54) is 36.1 Å². The van der Waals surface area contributed by atoms with Crippen LogP contribution in [0.5, 0.6) is 0 Å². The van der Waals surface area contributed by atoms with Gasteiger partial charge in [0.1, 0.15) is 17.2 Å². The van der Waals surface area contributed by atoms with Gasteiger partial charge in [0.15, 0.2) is 5.82 Å². The molecule has 0 bridgehead atoms. The summed E-state index contributed by atoms with van der Waals surface area (Å²) in [4.78, 5) is 36.3. The van der Waals surface area contributed by atoms with Crippen molar-refractivity contribution in [3.8, 4) is 11.3 Å². The SMILES string of the molecule is CN1CCn2nc(Nc3cc(-c4ccc(F)c(NC(=O)c5cnc(C(C)(C)C)cn5)c4)nn(C)c3=O)cc2C1. The Morgan fingerprint density at radius 3 is 2.51 bits per heavy atom. The molecule has 11 nitrogen and oxygen atoms in total. The molecular weight excluding hydrogens is 501 g/mol. The first-order valence-electron chi connectivity index (χ1n) is 12.5. The van der Waals surface area contributed by atoms with Gasteiger partial charge in [0.25, 0.3) is 11.5 Å². The van der Waals surface area contributed by atoms with Crippen LogP contribution in [0.25, 0.3) is 11.3 Å². The molecule has 12 heteroatoms. The quantitative estimate of drug-likeness (QED) is 0.402. The number of carbonyl (C=O) groups is 1. The van der Waals surface area contributed by atoms with Gasteiger partial charge in [0.2, 0.25) is 0 Å². The van der Waals surface area contributed by atoms with E-state index in [1.54, 1.807) is 12.3 Å². The van der Waals surface area contributed by atoms with Gasteiger partial charge in [-0.3, -0.25) is 24.2 Å². The highest BCUT2D eigenvalue weighted by Gasteiger charge is 2.19. The maximum absolute atomic E-state index is 14.7. The van der Waals surface area contributed by atoms with Crippen LogP contribution < -0.4 is 16.2 Å². The lowest BCUT2D eigenvalue weighted by molar-refractivity contribution is 0.102. The molecule has 39 heavy (non-hydrogen) atoms. The lowest BCUT2D eigenvalue weighted by Crippen LogP contribution is -2.30. The second-order valence-electron chi connectivity index (χ2n) is 10.7. The molecular formula is C27H30FN9O2. The molecule has 202 valence electrons. The maximum atomic E-state index is 14.7. The summed E-state index contributed by atoms with van der Waals surface area (Å²) in [6.07, 6.45) is 2.91. The highest BCUT2D eigenvalue weighted by molar-refractivity contribution is 6.03. The number of likely N-dealkylation sites (N-methyl/N-ethyl adjacent to an activating group) is 1. The van der Waals surface area contributed by atoms with Gasteiger partial charge >= 0.3 is 0 Å². The van der Waals surface area contributed by atoms with E-state index < -0.39 is 11.7 Å². The van der Waals surface area contributed by atoms with Crippen molar-refractivity contribution in [2.75, 3.05) is 24.2 Å². The lowest BCUT2D eigenvalue weighted by Gasteiger charge is -2.22. The fraction of sp³-hybridized carbons (Fsp3) is 0.333. The van der Waals surface area contributed by atoms with Crippen LogP contribution >= 0.6 is 0 Å². The van der Waals surface area contributed by atoms with Gasteiger partial charge in [-0.1, -0.05) is 20.8 Å². The number of halogens is 1. The number of aryl methyl sites for hydroxylation is 1. The monoisotopic (exact) mass is 531 g/mol. The molecule has 1 aliphatic rings. The van der Waals surface area contributed by atoms with Gasteiger partial charge < -0.3 is 10.6 Å². The van der Waals surface area contributed by atoms with Crippen LogP contribution in [-0.4, -0.2) is 53.9 Å². The summed E-state index contributed by atoms with van der Waals surface area (Å²) in [7, 11) is 3.58. The standard InChI is InChI=1S/C27H30FN9O2/c1-27(2,3)23-14-29-22(13-30-23)25(38)32-20-10-16(6-7-18(20)28)19-12-21(26(39)36(5)33-19)31-24-11-17-15-35(4)8-9-37(17)34-24/h6-7,10-14H,8-9,15H2,1-5H3,(H,31,34)(H,32,38). The van der Waals surface area contributed by atoms with Gasteiger partial charge in [0.05, 0.1) is 35.5 Å². The Morgan fingerprint density at radius 2 is 1.79 bits per heavy atom. The normalized spacial score (nSPS) is 13.7. The van der Waals surface area contributed by atoms with Crippen molar-refractivity contribution in [1.82, 2.24) is 34.4 Å². The molecule has 2 N–H and O–H groups in total. The number of nitrogens with one attached hydrogen (secondary N) is 2. The Hall–Kier alpha value is -4.45. The average Bonchev–Trinajstić information content (AvgIpc) is 3.28. The Balaban J connectivity index is 1.40. The van der Waals surface area contributed by atoms with Crippen LogP contribution in [0.2, 0.25) is 0 Å². The van der Waals surface area contributed by atoms with E-state index in [4.69, 9.17) is 0 Å². The van der Waals surface area contributed by atoms with Crippen LogP contribution in [0.3, 0.4) is 0 Å². The first-order chi connectivity index (χ1) is 18.5. The van der Waals surface area contributed by atoms with Crippen LogP contribution in [0, 0.1) is 5.82 Å². The Kier molecular flexibility index (Phi) is 6.73. The molecule has 5 rings (SSSR count). The van der Waals surface area contributed by atoms with E-state index >= 15 is 0 Å². The third-order valence-electron chi connectivity index (χ3n) is 6.48. The number of benzene rings is 1. The number of amides is 1. The number of hydrogen-bond donors (Lipinski definition) is 2. The van der Waals surface area contributed by atoms with Gasteiger partial charge in [0, 0.05) is 43.4 Å². The zero-order valence-corrected chi connectivity index (χ0v) is 22.5. The fourth-order valence-electron chi connectivity index (χ4n) is 4.24. The van der Waals surface area contributed by atoms with E-state index in [0.717, 1.165) is 31.0 Å². The zero-order chi connectivity index (χ0) is 27.9. The third kappa shape index (κ3) is 5.55. The highest BCUT2D eigenvalue weighted by Crippen LogP contribution is 2.26. The predicted molar refractivity (Wildman–Crippen MR) is 145 cm³/mol. The number of aromatic nitrogens is 6. The van der Waals surface area contributed by atoms with Crippen LogP contribution in [0.1, 0.15) is 42.6 Å². The molecule has 0 saturated heterocycles. The van der Waals surface area contributed by atoms with Gasteiger partial charge in [-0.25, -0.2) is 14.1 Å². The molecule has 3 aromatic heterocycles. The number of carbonyl (C=O) groups excluding carboxylic acids is 1. The van der Waals surface area contributed by atoms with E-state index in [2.05, 4.69) is 35.7 Å². The molecule has 0 atom stereocenters. The molecule has 4 aromatic rings. The van der Waals surface area contributed by atoms with Crippen molar-refractivity contribution in [1.29, 1.82) is 0 Å². The van der Waals surface area contributed by atoms with Crippen LogP contribution in [0.15, 0.2) is 47.5 Å². The van der Waals surface area contributed by atoms with Crippen molar-refractivity contribution in [3.63, 3.8) is 0 Å². The summed E-state index contributed by atoms with van der Waals surface area (Å²) in [5, 5.41) is 14.6. The van der Waals surface area contributed by atoms with Gasteiger partial charge in [-0.15, -0.1) is 0 Å². The highest BCUT2D eigenvalue weighted by atomic mass is 19.1. The molecule has 1 aromatic carbocycles. The van der Waals surface area contributed by atoms with Gasteiger partial charge in [-0.2, -0.15) is 10.2 Å². The largest absolute Gasteiger partial charge is 0.334 e. The fourth-order valence-corrected chi connectivity index (χ4v) is 4.24. The van der Waals surface area contributed by atoms with Crippen molar-refractivity contribution in [2.24, 2.45) is 7.05 Å². The zero-order valence-electron chi connectivity index (χ0n) is 22.5. The van der Waals surface area contributed by atoms with Crippen molar-refractivity contribution >= 4 is 23.1 Å². The maximum Gasteiger partial charge on any atom is 0.290 e. The minimum absolute atomic E-state index is 0.0461. The van der Waals surface area contributed by atoms with Gasteiger partial charge in [-0.05, 0) is 31.3 Å². The minimum Gasteiger partial charge on any atom is -0.334 e. The van der Waals surface area contributed by atoms with E-state index in [9.17, 15) is 14.0 Å². The molecule has 0 unspecified atom stereocenters. The summed E-state index contributed by atoms with van der Waals surface area (Å²) in [5.74, 6) is -0.660. The second-order valence-corrected chi connectivity index (χ2v) is 10.7. The van der Waals surface area contributed by atoms with Crippen LogP contribution in [-0.2, 0) is 25.6 Å². The number of hydrogen-bond acceptors (Lipinski definition) is 8. The van der Waals surface area contributed by atoms with Crippen LogP contribution in [0.4, 0.5) is 21.6 Å². The second kappa shape index (κ2) is 10.0. The van der Waals surface area contributed by atoms with E-state index in [1.807, 2.05) is 38.6 Å². The molecule has 4 heterocycles. The Morgan fingerprint density at radius 1 is 1.00 bits per heavy atom. The predicted octanol–water partition coefficient (Wildman–Crippen LogP) is 3.31. The summed E-state index contributed by atoms with van der Waals surface area (Å²) >= 11 is 0. The Labute approximate surface area is 224 Å². The number of nitrogens with zero attached hydrogens (tertiary/aromatic N) is 7. The first-order valence-corrected chi connectivity index (χ1v) is 12.5. The Bertz CT molecular complexity index is 1600. The first kappa shape index (κ1) is 26.2. The van der Waals surface area contributed by atoms with Crippen molar-refractivity contribution in [2.45, 2.75) is 39.3 Å². The molecule has 0 saturated carbocycles. The molecule has 1 amide bonds. The van der Waals surface area contributed by atoms with Crippen molar-refractivity contribution in [3.05, 3.63) is 76.0 Å². The average molecular weight is 532 g/mol. The summed E-state index contributed by atoms with van der Waals surface area (Å²) in [6, 6.07) is 7.73. The molecule has 0 aliphatic carbocycles. The number of anilines is 3. The molecule has 0 radical (unpaired) electrons. The number of rotatable bonds is 5. The van der Waals surface area contributed by atoms with E-state index in [0.29, 0.717) is 17.1 Å². The molecule has 1 aliphatic heterocycles. The smallest absolute Gasteiger partial charge is 0.290 e. The lowest BCUT2D eigenvalue weighted by atomic mass is 9.93. The summed E-state index contributed by atoms with van der Waals surface area (Å²) in [5.41, 5.74) is 2.44. The van der Waals surface area contributed by atoms with Crippen molar-refractivity contribution < 1.29 is 9.18 Å².